The summed E-state index contributed by atoms with van der Waals surface area (Å²) in [6.45, 7) is 1.80. The van der Waals surface area contributed by atoms with E-state index in [0.29, 0.717) is 0 Å². The molecule has 1 aliphatic rings. The van der Waals surface area contributed by atoms with Gasteiger partial charge in [-0.2, -0.15) is 0 Å². The molecule has 0 radical (unpaired) electrons. The zero-order valence-corrected chi connectivity index (χ0v) is 15.2. The molecule has 130 valence electrons. The molecule has 3 N–H and O–H groups in total. The minimum absolute atomic E-state index is 0.0709. The zero-order valence-electron chi connectivity index (χ0n) is 14.4. The maximum atomic E-state index is 12.1. The quantitative estimate of drug-likeness (QED) is 0.579. The van der Waals surface area contributed by atoms with E-state index in [1.54, 1.807) is 20.0 Å². The number of phenolic OH excluding ortho intramolecular Hbond substituents is 1. The molecule has 1 aromatic heterocycles. The van der Waals surface area contributed by atoms with Gasteiger partial charge >= 0.3 is 0 Å². The Morgan fingerprint density at radius 1 is 1.31 bits per heavy atom. The molecule has 1 fully saturated rings. The highest BCUT2D eigenvalue weighted by Crippen LogP contribution is 2.41. The van der Waals surface area contributed by atoms with Crippen LogP contribution in [0.5, 0.6) is 5.75 Å². The lowest BCUT2D eigenvalue weighted by molar-refractivity contribution is -0.128. The third kappa shape index (κ3) is 2.57. The molecule has 3 aromatic rings. The van der Waals surface area contributed by atoms with Crippen LogP contribution in [-0.2, 0) is 4.79 Å². The van der Waals surface area contributed by atoms with Crippen molar-refractivity contribution >= 4 is 43.4 Å². The number of phenols is 1. The minimum atomic E-state index is -0.324. The van der Waals surface area contributed by atoms with Gasteiger partial charge in [-0.05, 0) is 42.8 Å². The molecule has 4 rings (SSSR count). The summed E-state index contributed by atoms with van der Waals surface area (Å²) in [5, 5.41) is 23.5. The van der Waals surface area contributed by atoms with Crippen LogP contribution in [0.2, 0.25) is 0 Å². The largest absolute Gasteiger partial charge is 0.506 e. The Labute approximate surface area is 154 Å². The number of carbonyl (C=O) groups is 1. The van der Waals surface area contributed by atoms with Crippen LogP contribution >= 0.6 is 11.3 Å². The fourth-order valence-corrected chi connectivity index (χ4v) is 4.33. The second-order valence-corrected chi connectivity index (χ2v) is 7.36. The Hall–Kier alpha value is -3.04. The predicted molar refractivity (Wildman–Crippen MR) is 105 cm³/mol. The van der Waals surface area contributed by atoms with Crippen LogP contribution in [0.4, 0.5) is 0 Å². The third-order valence-electron chi connectivity index (χ3n) is 4.64. The van der Waals surface area contributed by atoms with Gasteiger partial charge in [0.15, 0.2) is 5.96 Å². The lowest BCUT2D eigenvalue weighted by Gasteiger charge is -2.31. The van der Waals surface area contributed by atoms with Crippen LogP contribution in [0.3, 0.4) is 0 Å². The number of guanidine groups is 1. The van der Waals surface area contributed by atoms with E-state index < -0.39 is 0 Å². The number of fused-ring (bicyclic) bond motifs is 3. The van der Waals surface area contributed by atoms with Crippen molar-refractivity contribution in [3.05, 3.63) is 41.5 Å². The van der Waals surface area contributed by atoms with Crippen molar-refractivity contribution in [3.63, 3.8) is 0 Å². The summed E-state index contributed by atoms with van der Waals surface area (Å²) in [5.74, 6) is 6.12. The molecule has 2 aromatic carbocycles. The molecule has 0 bridgehead atoms. The molecule has 1 unspecified atom stereocenters. The second-order valence-electron chi connectivity index (χ2n) is 6.31. The summed E-state index contributed by atoms with van der Waals surface area (Å²) in [6, 6.07) is 9.39. The number of hydrogen-bond acceptors (Lipinski definition) is 4. The van der Waals surface area contributed by atoms with Crippen LogP contribution < -0.4 is 5.32 Å². The van der Waals surface area contributed by atoms with E-state index in [9.17, 15) is 9.90 Å². The number of nitrogens with one attached hydrogen (secondary N) is 2. The highest BCUT2D eigenvalue weighted by atomic mass is 32.1. The van der Waals surface area contributed by atoms with Crippen LogP contribution in [0, 0.1) is 17.3 Å². The van der Waals surface area contributed by atoms with Gasteiger partial charge in [0.05, 0.1) is 17.2 Å². The topological polar surface area (TPSA) is 76.4 Å². The van der Waals surface area contributed by atoms with Gasteiger partial charge in [-0.1, -0.05) is 5.92 Å². The van der Waals surface area contributed by atoms with Gasteiger partial charge in [0, 0.05) is 28.1 Å². The highest BCUT2D eigenvalue weighted by molar-refractivity contribution is 7.26. The highest BCUT2D eigenvalue weighted by Gasteiger charge is 2.28. The first-order valence-electron chi connectivity index (χ1n) is 8.21. The summed E-state index contributed by atoms with van der Waals surface area (Å²) in [7, 11) is 1.58. The maximum Gasteiger partial charge on any atom is 0.231 e. The van der Waals surface area contributed by atoms with Crippen LogP contribution in [0.25, 0.3) is 20.2 Å². The SMILES string of the molecule is CC#Cc1ccc2sc3c(O)cc(C4CC(=O)N(C)C(=N)N4)cc3c2c1. The monoisotopic (exact) mass is 363 g/mol. The molecular weight excluding hydrogens is 346 g/mol. The zero-order chi connectivity index (χ0) is 18.4. The average Bonchev–Trinajstić information content (AvgIpc) is 2.98. The van der Waals surface area contributed by atoms with Gasteiger partial charge in [0.25, 0.3) is 0 Å². The molecule has 2 heterocycles. The lowest BCUT2D eigenvalue weighted by atomic mass is 9.98. The fraction of sp³-hybridized carbons (Fsp3) is 0.200. The number of benzene rings is 2. The molecule has 1 amide bonds. The van der Waals surface area contributed by atoms with E-state index in [0.717, 1.165) is 31.3 Å². The number of rotatable bonds is 1. The Morgan fingerprint density at radius 3 is 2.85 bits per heavy atom. The van der Waals surface area contributed by atoms with Gasteiger partial charge in [0.1, 0.15) is 5.75 Å². The third-order valence-corrected chi connectivity index (χ3v) is 5.85. The van der Waals surface area contributed by atoms with Crippen molar-refractivity contribution in [3.8, 4) is 17.6 Å². The van der Waals surface area contributed by atoms with Gasteiger partial charge in [0.2, 0.25) is 5.91 Å². The summed E-state index contributed by atoms with van der Waals surface area (Å²) >= 11 is 1.54. The molecule has 1 saturated heterocycles. The molecule has 0 aliphatic carbocycles. The number of hydrogen-bond donors (Lipinski definition) is 3. The van der Waals surface area contributed by atoms with E-state index in [1.165, 1.54) is 16.2 Å². The summed E-state index contributed by atoms with van der Waals surface area (Å²) in [5.41, 5.74) is 1.73. The minimum Gasteiger partial charge on any atom is -0.506 e. The van der Waals surface area contributed by atoms with E-state index >= 15 is 0 Å². The van der Waals surface area contributed by atoms with Crippen molar-refractivity contribution in [2.75, 3.05) is 7.05 Å². The van der Waals surface area contributed by atoms with E-state index in [2.05, 4.69) is 17.2 Å². The van der Waals surface area contributed by atoms with Crippen molar-refractivity contribution in [1.82, 2.24) is 10.2 Å². The van der Waals surface area contributed by atoms with Gasteiger partial charge in [-0.3, -0.25) is 15.1 Å². The van der Waals surface area contributed by atoms with Crippen LogP contribution in [-0.4, -0.2) is 28.9 Å². The number of nitrogens with zero attached hydrogens (tertiary/aromatic N) is 1. The first-order valence-corrected chi connectivity index (χ1v) is 9.03. The molecule has 0 spiro atoms. The number of amides is 1. The Kier molecular flexibility index (Phi) is 3.82. The van der Waals surface area contributed by atoms with Gasteiger partial charge in [-0.25, -0.2) is 0 Å². The number of thiophene rings is 1. The van der Waals surface area contributed by atoms with E-state index in [-0.39, 0.29) is 30.1 Å². The molecule has 1 atom stereocenters. The maximum absolute atomic E-state index is 12.1. The summed E-state index contributed by atoms with van der Waals surface area (Å²) in [6.07, 6.45) is 0.248. The molecule has 26 heavy (non-hydrogen) atoms. The normalized spacial score (nSPS) is 17.3. The van der Waals surface area contributed by atoms with Crippen molar-refractivity contribution in [2.45, 2.75) is 19.4 Å². The Morgan fingerprint density at radius 2 is 2.12 bits per heavy atom. The Bertz CT molecular complexity index is 1120. The fourth-order valence-electron chi connectivity index (χ4n) is 3.26. The average molecular weight is 363 g/mol. The van der Waals surface area contributed by atoms with Gasteiger partial charge in [-0.15, -0.1) is 17.3 Å². The first-order chi connectivity index (χ1) is 12.5. The summed E-state index contributed by atoms with van der Waals surface area (Å²) < 4.78 is 1.90. The van der Waals surface area contributed by atoms with Gasteiger partial charge < -0.3 is 10.4 Å². The molecule has 6 heteroatoms. The molecule has 1 aliphatic heterocycles. The summed E-state index contributed by atoms with van der Waals surface area (Å²) in [4.78, 5) is 13.4. The number of aromatic hydroxyl groups is 1. The molecule has 0 saturated carbocycles. The van der Waals surface area contributed by atoms with Crippen molar-refractivity contribution < 1.29 is 9.90 Å². The van der Waals surface area contributed by atoms with Crippen molar-refractivity contribution in [1.29, 1.82) is 5.41 Å². The smallest absolute Gasteiger partial charge is 0.231 e. The van der Waals surface area contributed by atoms with E-state index in [1.807, 2.05) is 24.3 Å². The molecular formula is C20H17N3O2S. The lowest BCUT2D eigenvalue weighted by Crippen LogP contribution is -2.49. The first kappa shape index (κ1) is 16.4. The van der Waals surface area contributed by atoms with Crippen LogP contribution in [0.1, 0.15) is 30.5 Å². The standard InChI is InChI=1S/C20H17N3O2S/c1-3-4-11-5-6-17-13(7-11)14-8-12(9-16(24)19(14)26-17)15-10-18(25)23(2)20(21)22-15/h5-9,15,24H,10H2,1-2H3,(H2,21,22). The van der Waals surface area contributed by atoms with Crippen molar-refractivity contribution in [2.24, 2.45) is 0 Å². The Balaban J connectivity index is 1.87. The number of carbonyl (C=O) groups excluding carboxylic acids is 1. The molecule has 5 nitrogen and oxygen atoms in total. The van der Waals surface area contributed by atoms with E-state index in [4.69, 9.17) is 5.41 Å². The second kappa shape index (κ2) is 6.04. The van der Waals surface area contributed by atoms with Crippen LogP contribution in [0.15, 0.2) is 30.3 Å². The predicted octanol–water partition coefficient (Wildman–Crippen LogP) is 3.56.